The summed E-state index contributed by atoms with van der Waals surface area (Å²) in [6, 6.07) is 6.89. The molecule has 0 unspecified atom stereocenters. The average molecular weight is 405 g/mol. The van der Waals surface area contributed by atoms with Crippen LogP contribution in [0, 0.1) is 0 Å². The highest BCUT2D eigenvalue weighted by Crippen LogP contribution is 2.22. The van der Waals surface area contributed by atoms with Crippen molar-refractivity contribution in [3.63, 3.8) is 0 Å². The Balaban J connectivity index is 1.62. The number of aryl methyl sites for hydroxylation is 1. The predicted molar refractivity (Wildman–Crippen MR) is 106 cm³/mol. The van der Waals surface area contributed by atoms with Crippen LogP contribution in [0.15, 0.2) is 24.3 Å². The van der Waals surface area contributed by atoms with Crippen LogP contribution in [0.5, 0.6) is 0 Å². The Labute approximate surface area is 165 Å². The van der Waals surface area contributed by atoms with Crippen LogP contribution in [0.25, 0.3) is 0 Å². The molecule has 27 heavy (non-hydrogen) atoms. The van der Waals surface area contributed by atoms with Gasteiger partial charge in [0, 0.05) is 12.0 Å². The number of benzene rings is 1. The molecule has 0 saturated carbocycles. The van der Waals surface area contributed by atoms with Crippen LogP contribution in [0.4, 0.5) is 9.93 Å². The highest BCUT2D eigenvalue weighted by molar-refractivity contribution is 8.14. The van der Waals surface area contributed by atoms with E-state index in [1.165, 1.54) is 16.2 Å². The van der Waals surface area contributed by atoms with Crippen LogP contribution in [-0.2, 0) is 17.8 Å². The van der Waals surface area contributed by atoms with Gasteiger partial charge < -0.3 is 0 Å². The van der Waals surface area contributed by atoms with Crippen LogP contribution in [0.1, 0.15) is 47.1 Å². The maximum atomic E-state index is 12.5. The number of aromatic nitrogens is 2. The number of imide groups is 1. The summed E-state index contributed by atoms with van der Waals surface area (Å²) in [5.74, 6) is -0.317. The van der Waals surface area contributed by atoms with E-state index in [1.54, 1.807) is 24.3 Å². The molecule has 1 aliphatic rings. The van der Waals surface area contributed by atoms with Gasteiger partial charge in [0.25, 0.3) is 11.1 Å². The maximum absolute atomic E-state index is 12.5. The minimum absolute atomic E-state index is 0.173. The summed E-state index contributed by atoms with van der Waals surface area (Å²) >= 11 is 2.38. The zero-order valence-electron chi connectivity index (χ0n) is 14.9. The number of amides is 3. The van der Waals surface area contributed by atoms with Crippen molar-refractivity contribution in [2.24, 2.45) is 0 Å². The molecular formula is C18H20N4O3S2. The Morgan fingerprint density at radius 2 is 2.11 bits per heavy atom. The van der Waals surface area contributed by atoms with Crippen LogP contribution >= 0.6 is 23.1 Å². The number of rotatable bonds is 8. The monoisotopic (exact) mass is 404 g/mol. The van der Waals surface area contributed by atoms with E-state index in [9.17, 15) is 14.4 Å². The molecule has 0 aliphatic carbocycles. The SMILES string of the molecule is CCCCCc1nnc(NC(=O)c2cccc(CN3C(=O)CSC3=O)c2)s1. The van der Waals surface area contributed by atoms with Crippen molar-refractivity contribution in [1.82, 2.24) is 15.1 Å². The van der Waals surface area contributed by atoms with Gasteiger partial charge in [-0.1, -0.05) is 55.0 Å². The van der Waals surface area contributed by atoms with Gasteiger partial charge in [-0.3, -0.25) is 24.6 Å². The zero-order valence-corrected chi connectivity index (χ0v) is 16.6. The number of anilines is 1. The maximum Gasteiger partial charge on any atom is 0.289 e. The van der Waals surface area contributed by atoms with Crippen molar-refractivity contribution in [2.75, 3.05) is 11.1 Å². The number of nitrogens with zero attached hydrogens (tertiary/aromatic N) is 3. The van der Waals surface area contributed by atoms with E-state index in [4.69, 9.17) is 0 Å². The molecule has 1 aromatic heterocycles. The number of carbonyl (C=O) groups excluding carboxylic acids is 3. The molecule has 1 aliphatic heterocycles. The van der Waals surface area contributed by atoms with E-state index in [0.717, 1.165) is 48.0 Å². The molecule has 1 saturated heterocycles. The molecule has 2 aromatic rings. The molecule has 9 heteroatoms. The van der Waals surface area contributed by atoms with E-state index in [1.807, 2.05) is 0 Å². The Morgan fingerprint density at radius 1 is 1.26 bits per heavy atom. The summed E-state index contributed by atoms with van der Waals surface area (Å²) in [7, 11) is 0. The second kappa shape index (κ2) is 9.09. The Morgan fingerprint density at radius 3 is 2.85 bits per heavy atom. The van der Waals surface area contributed by atoms with Crippen molar-refractivity contribution < 1.29 is 14.4 Å². The number of thioether (sulfide) groups is 1. The van der Waals surface area contributed by atoms with Gasteiger partial charge in [-0.25, -0.2) is 0 Å². The van der Waals surface area contributed by atoms with Crippen molar-refractivity contribution in [2.45, 2.75) is 39.2 Å². The lowest BCUT2D eigenvalue weighted by atomic mass is 10.1. The molecule has 0 bridgehead atoms. The lowest BCUT2D eigenvalue weighted by Crippen LogP contribution is -2.28. The third kappa shape index (κ3) is 5.14. The molecule has 1 fully saturated rings. The molecule has 1 aromatic carbocycles. The quantitative estimate of drug-likeness (QED) is 0.674. The van der Waals surface area contributed by atoms with Gasteiger partial charge in [0.15, 0.2) is 0 Å². The molecule has 3 amide bonds. The lowest BCUT2D eigenvalue weighted by molar-refractivity contribution is -0.125. The molecule has 3 rings (SSSR count). The fraction of sp³-hybridized carbons (Fsp3) is 0.389. The van der Waals surface area contributed by atoms with E-state index in [-0.39, 0.29) is 29.4 Å². The fourth-order valence-corrected chi connectivity index (χ4v) is 4.13. The summed E-state index contributed by atoms with van der Waals surface area (Å²) in [4.78, 5) is 37.1. The lowest BCUT2D eigenvalue weighted by Gasteiger charge is -2.13. The first kappa shape index (κ1) is 19.5. The number of unbranched alkanes of at least 4 members (excludes halogenated alkanes) is 2. The Bertz CT molecular complexity index is 837. The second-order valence-corrected chi connectivity index (χ2v) is 8.14. The minimum Gasteiger partial charge on any atom is -0.296 e. The van der Waals surface area contributed by atoms with Crippen molar-refractivity contribution in [1.29, 1.82) is 0 Å². The standard InChI is InChI=1S/C18H20N4O3S2/c1-2-3-4-8-14-20-21-17(27-14)19-16(24)13-7-5-6-12(9-13)10-22-15(23)11-26-18(22)25/h5-7,9H,2-4,8,10-11H2,1H3,(H,19,21,24). The van der Waals surface area contributed by atoms with Crippen molar-refractivity contribution >= 4 is 45.3 Å². The Kier molecular flexibility index (Phi) is 6.57. The highest BCUT2D eigenvalue weighted by atomic mass is 32.2. The zero-order chi connectivity index (χ0) is 19.2. The minimum atomic E-state index is -0.290. The molecule has 142 valence electrons. The first-order valence-electron chi connectivity index (χ1n) is 8.76. The summed E-state index contributed by atoms with van der Waals surface area (Å²) in [5, 5.41) is 12.0. The van der Waals surface area contributed by atoms with Crippen molar-refractivity contribution in [3.05, 3.63) is 40.4 Å². The summed E-state index contributed by atoms with van der Waals surface area (Å²) in [5.41, 5.74) is 1.17. The smallest absolute Gasteiger partial charge is 0.289 e. The average Bonchev–Trinajstić information content (AvgIpc) is 3.23. The second-order valence-electron chi connectivity index (χ2n) is 6.15. The van der Waals surface area contributed by atoms with Crippen LogP contribution in [-0.4, -0.2) is 37.9 Å². The van der Waals surface area contributed by atoms with Gasteiger partial charge in [0.1, 0.15) is 5.01 Å². The summed E-state index contributed by atoms with van der Waals surface area (Å²) < 4.78 is 0. The largest absolute Gasteiger partial charge is 0.296 e. The number of carbonyl (C=O) groups is 3. The van der Waals surface area contributed by atoms with Crippen LogP contribution < -0.4 is 5.32 Å². The third-order valence-electron chi connectivity index (χ3n) is 4.05. The van der Waals surface area contributed by atoms with Gasteiger partial charge in [-0.2, -0.15) is 0 Å². The Hall–Kier alpha value is -2.26. The van der Waals surface area contributed by atoms with Gasteiger partial charge >= 0.3 is 0 Å². The van der Waals surface area contributed by atoms with E-state index in [0.29, 0.717) is 10.7 Å². The van der Waals surface area contributed by atoms with Crippen LogP contribution in [0.2, 0.25) is 0 Å². The first-order valence-corrected chi connectivity index (χ1v) is 10.6. The third-order valence-corrected chi connectivity index (χ3v) is 5.81. The fourth-order valence-electron chi connectivity index (χ4n) is 2.63. The number of nitrogens with one attached hydrogen (secondary N) is 1. The van der Waals surface area contributed by atoms with Gasteiger partial charge in [0.05, 0.1) is 12.3 Å². The van der Waals surface area contributed by atoms with Crippen LogP contribution in [0.3, 0.4) is 0 Å². The van der Waals surface area contributed by atoms with Crippen molar-refractivity contribution in [3.8, 4) is 0 Å². The first-order chi connectivity index (χ1) is 13.1. The molecule has 2 heterocycles. The molecule has 0 radical (unpaired) electrons. The van der Waals surface area contributed by atoms with E-state index >= 15 is 0 Å². The molecular weight excluding hydrogens is 384 g/mol. The van der Waals surface area contributed by atoms with Gasteiger partial charge in [-0.05, 0) is 24.1 Å². The molecule has 7 nitrogen and oxygen atoms in total. The van der Waals surface area contributed by atoms with Gasteiger partial charge in [-0.15, -0.1) is 10.2 Å². The molecule has 0 atom stereocenters. The number of hydrogen-bond donors (Lipinski definition) is 1. The molecule has 1 N–H and O–H groups in total. The van der Waals surface area contributed by atoms with Gasteiger partial charge in [0.2, 0.25) is 11.0 Å². The van der Waals surface area contributed by atoms with E-state index in [2.05, 4.69) is 22.4 Å². The summed E-state index contributed by atoms with van der Waals surface area (Å²) in [6.07, 6.45) is 4.22. The highest BCUT2D eigenvalue weighted by Gasteiger charge is 2.29. The molecule has 0 spiro atoms. The predicted octanol–water partition coefficient (Wildman–Crippen LogP) is 3.72. The summed E-state index contributed by atoms with van der Waals surface area (Å²) in [6.45, 7) is 2.32. The topological polar surface area (TPSA) is 92.3 Å². The van der Waals surface area contributed by atoms with E-state index < -0.39 is 0 Å². The normalized spacial score (nSPS) is 14.0. The number of hydrogen-bond acceptors (Lipinski definition) is 7.